The lowest BCUT2D eigenvalue weighted by molar-refractivity contribution is -0.116. The number of rotatable bonds is 7. The van der Waals surface area contributed by atoms with Crippen LogP contribution in [0, 0.1) is 0 Å². The smallest absolute Gasteiger partial charge is 0.423 e. The maximum absolute atomic E-state index is 11.6. The molecule has 5 nitrogen and oxygen atoms in total. The first-order valence-electron chi connectivity index (χ1n) is 6.09. The maximum atomic E-state index is 11.6. The first-order valence-corrected chi connectivity index (χ1v) is 6.09. The number of amides is 1. The second-order valence-corrected chi connectivity index (χ2v) is 4.15. The van der Waals surface area contributed by atoms with E-state index in [1.807, 2.05) is 0 Å². The van der Waals surface area contributed by atoms with Crippen molar-refractivity contribution in [2.75, 3.05) is 11.9 Å². The highest BCUT2D eigenvalue weighted by atomic mass is 16.4. The van der Waals surface area contributed by atoms with Crippen molar-refractivity contribution in [1.82, 2.24) is 0 Å². The molecule has 0 atom stereocenters. The molecule has 0 radical (unpaired) electrons. The Hall–Kier alpha value is -1.37. The maximum Gasteiger partial charge on any atom is 0.488 e. The van der Waals surface area contributed by atoms with Crippen LogP contribution < -0.4 is 16.5 Å². The number of carbonyl (C=O) groups excluding carboxylic acids is 1. The van der Waals surface area contributed by atoms with Crippen molar-refractivity contribution in [3.05, 3.63) is 24.3 Å². The van der Waals surface area contributed by atoms with E-state index in [0.29, 0.717) is 24.1 Å². The molecule has 0 aromatic heterocycles. The van der Waals surface area contributed by atoms with Crippen molar-refractivity contribution in [3.8, 4) is 0 Å². The summed E-state index contributed by atoms with van der Waals surface area (Å²) < 4.78 is 0. The molecule has 0 fully saturated rings. The van der Waals surface area contributed by atoms with E-state index in [4.69, 9.17) is 15.8 Å². The number of anilines is 1. The molecule has 0 saturated heterocycles. The Balaban J connectivity index is 2.41. The summed E-state index contributed by atoms with van der Waals surface area (Å²) in [5, 5.41) is 20.7. The summed E-state index contributed by atoms with van der Waals surface area (Å²) in [6.07, 6.45) is 3.13. The molecular formula is C12H19BN2O3. The Kier molecular flexibility index (Phi) is 6.42. The van der Waals surface area contributed by atoms with Gasteiger partial charge in [0.25, 0.3) is 0 Å². The van der Waals surface area contributed by atoms with E-state index in [1.54, 1.807) is 24.3 Å². The molecule has 1 aromatic rings. The Morgan fingerprint density at radius 2 is 2.06 bits per heavy atom. The predicted octanol–water partition coefficient (Wildman–Crippen LogP) is -0.176. The summed E-state index contributed by atoms with van der Waals surface area (Å²) in [5.74, 6) is -0.0726. The molecule has 0 aliphatic carbocycles. The fourth-order valence-corrected chi connectivity index (χ4v) is 1.61. The monoisotopic (exact) mass is 250 g/mol. The fraction of sp³-hybridized carbons (Fsp3) is 0.417. The van der Waals surface area contributed by atoms with Gasteiger partial charge in [0.15, 0.2) is 0 Å². The van der Waals surface area contributed by atoms with Crippen LogP contribution in [0.15, 0.2) is 24.3 Å². The average molecular weight is 250 g/mol. The molecule has 1 amide bonds. The highest BCUT2D eigenvalue weighted by molar-refractivity contribution is 6.58. The normalized spacial score (nSPS) is 10.2. The van der Waals surface area contributed by atoms with E-state index < -0.39 is 7.12 Å². The van der Waals surface area contributed by atoms with Gasteiger partial charge in [0.1, 0.15) is 0 Å². The standard InChI is InChI=1S/C12H19BN2O3/c14-8-3-1-2-7-12(16)15-11-6-4-5-10(9-11)13(17)18/h4-6,9,17-18H,1-3,7-8,14H2,(H,15,16). The Bertz CT molecular complexity index is 385. The van der Waals surface area contributed by atoms with Gasteiger partial charge in [0, 0.05) is 12.1 Å². The largest absolute Gasteiger partial charge is 0.488 e. The minimum Gasteiger partial charge on any atom is -0.423 e. The molecule has 0 aliphatic rings. The van der Waals surface area contributed by atoms with Gasteiger partial charge in [0.05, 0.1) is 0 Å². The molecule has 0 heterocycles. The lowest BCUT2D eigenvalue weighted by atomic mass is 9.80. The van der Waals surface area contributed by atoms with E-state index in [2.05, 4.69) is 5.32 Å². The summed E-state index contributed by atoms with van der Waals surface area (Å²) in [7, 11) is -1.52. The van der Waals surface area contributed by atoms with E-state index >= 15 is 0 Å². The van der Waals surface area contributed by atoms with Crippen molar-refractivity contribution < 1.29 is 14.8 Å². The molecule has 1 rings (SSSR count). The predicted molar refractivity (Wildman–Crippen MR) is 72.4 cm³/mol. The lowest BCUT2D eigenvalue weighted by Gasteiger charge is -2.07. The molecule has 18 heavy (non-hydrogen) atoms. The van der Waals surface area contributed by atoms with Gasteiger partial charge in [-0.2, -0.15) is 0 Å². The van der Waals surface area contributed by atoms with E-state index in [1.165, 1.54) is 0 Å². The van der Waals surface area contributed by atoms with Gasteiger partial charge in [-0.1, -0.05) is 18.6 Å². The fourth-order valence-electron chi connectivity index (χ4n) is 1.61. The summed E-state index contributed by atoms with van der Waals surface area (Å²) in [6, 6.07) is 6.51. The van der Waals surface area contributed by atoms with Crippen LogP contribution >= 0.6 is 0 Å². The number of nitrogens with two attached hydrogens (primary N) is 1. The molecular weight excluding hydrogens is 231 g/mol. The first-order chi connectivity index (χ1) is 8.63. The topological polar surface area (TPSA) is 95.6 Å². The van der Waals surface area contributed by atoms with Crippen LogP contribution in [0.25, 0.3) is 0 Å². The second-order valence-electron chi connectivity index (χ2n) is 4.15. The SMILES string of the molecule is NCCCCCC(=O)Nc1cccc(B(O)O)c1. The minimum absolute atomic E-state index is 0.0726. The number of nitrogens with one attached hydrogen (secondary N) is 1. The third-order valence-corrected chi connectivity index (χ3v) is 2.58. The zero-order chi connectivity index (χ0) is 13.4. The summed E-state index contributed by atoms with van der Waals surface area (Å²) >= 11 is 0. The molecule has 0 unspecified atom stereocenters. The molecule has 0 bridgehead atoms. The molecule has 0 aliphatic heterocycles. The Morgan fingerprint density at radius 3 is 2.72 bits per heavy atom. The molecule has 6 heteroatoms. The summed E-state index contributed by atoms with van der Waals surface area (Å²) in [6.45, 7) is 0.651. The van der Waals surface area contributed by atoms with E-state index in [9.17, 15) is 4.79 Å². The van der Waals surface area contributed by atoms with E-state index in [0.717, 1.165) is 19.3 Å². The van der Waals surface area contributed by atoms with Gasteiger partial charge in [-0.3, -0.25) is 4.79 Å². The summed E-state index contributed by atoms with van der Waals surface area (Å²) in [4.78, 5) is 11.6. The second kappa shape index (κ2) is 7.86. The number of hydrogen-bond donors (Lipinski definition) is 4. The number of benzene rings is 1. The summed E-state index contributed by atoms with van der Waals surface area (Å²) in [5.41, 5.74) is 6.30. The van der Waals surface area contributed by atoms with Crippen molar-refractivity contribution in [3.63, 3.8) is 0 Å². The quantitative estimate of drug-likeness (QED) is 0.399. The minimum atomic E-state index is -1.52. The van der Waals surface area contributed by atoms with Crippen LogP contribution in [-0.2, 0) is 4.79 Å². The van der Waals surface area contributed by atoms with Gasteiger partial charge in [-0.05, 0) is 37.0 Å². The van der Waals surface area contributed by atoms with E-state index in [-0.39, 0.29) is 5.91 Å². The van der Waals surface area contributed by atoms with Gasteiger partial charge in [0.2, 0.25) is 5.91 Å². The van der Waals surface area contributed by atoms with Gasteiger partial charge >= 0.3 is 7.12 Å². The lowest BCUT2D eigenvalue weighted by Crippen LogP contribution is -2.30. The third-order valence-electron chi connectivity index (χ3n) is 2.58. The van der Waals surface area contributed by atoms with Crippen LogP contribution in [0.4, 0.5) is 5.69 Å². The Morgan fingerprint density at radius 1 is 1.28 bits per heavy atom. The van der Waals surface area contributed by atoms with Crippen LogP contribution in [0.5, 0.6) is 0 Å². The van der Waals surface area contributed by atoms with Crippen LogP contribution in [0.1, 0.15) is 25.7 Å². The molecule has 0 spiro atoms. The average Bonchev–Trinajstić information content (AvgIpc) is 2.35. The number of hydrogen-bond acceptors (Lipinski definition) is 4. The Labute approximate surface area is 107 Å². The zero-order valence-corrected chi connectivity index (χ0v) is 10.3. The highest BCUT2D eigenvalue weighted by Crippen LogP contribution is 2.06. The molecule has 0 saturated carbocycles. The molecule has 5 N–H and O–H groups in total. The van der Waals surface area contributed by atoms with Crippen molar-refractivity contribution in [1.29, 1.82) is 0 Å². The zero-order valence-electron chi connectivity index (χ0n) is 10.3. The first kappa shape index (κ1) is 14.7. The van der Waals surface area contributed by atoms with Crippen LogP contribution in [0.3, 0.4) is 0 Å². The number of unbranched alkanes of at least 4 members (excludes halogenated alkanes) is 2. The van der Waals surface area contributed by atoms with Crippen molar-refractivity contribution in [2.24, 2.45) is 5.73 Å². The van der Waals surface area contributed by atoms with Gasteiger partial charge in [-0.25, -0.2) is 0 Å². The van der Waals surface area contributed by atoms with Crippen LogP contribution in [0.2, 0.25) is 0 Å². The third kappa shape index (κ3) is 5.31. The van der Waals surface area contributed by atoms with Gasteiger partial charge < -0.3 is 21.1 Å². The molecule has 98 valence electrons. The number of carbonyl (C=O) groups is 1. The molecule has 1 aromatic carbocycles. The highest BCUT2D eigenvalue weighted by Gasteiger charge is 2.11. The van der Waals surface area contributed by atoms with Gasteiger partial charge in [-0.15, -0.1) is 0 Å². The van der Waals surface area contributed by atoms with Crippen LogP contribution in [-0.4, -0.2) is 29.6 Å². The van der Waals surface area contributed by atoms with Crippen molar-refractivity contribution >= 4 is 24.2 Å². The van der Waals surface area contributed by atoms with Crippen molar-refractivity contribution in [2.45, 2.75) is 25.7 Å².